The van der Waals surface area contributed by atoms with Crippen LogP contribution in [0.5, 0.6) is 5.75 Å². The van der Waals surface area contributed by atoms with E-state index < -0.39 is 18.0 Å². The van der Waals surface area contributed by atoms with Gasteiger partial charge in [0, 0.05) is 12.6 Å². The van der Waals surface area contributed by atoms with Gasteiger partial charge >= 0.3 is 18.0 Å². The summed E-state index contributed by atoms with van der Waals surface area (Å²) in [4.78, 5) is 32.2. The number of carboxylic acid groups (broad SMARTS) is 2. The van der Waals surface area contributed by atoms with Crippen LogP contribution in [0.15, 0.2) is 0 Å². The maximum atomic E-state index is 11.0. The van der Waals surface area contributed by atoms with Crippen LogP contribution >= 0.6 is 11.3 Å². The Morgan fingerprint density at radius 2 is 1.71 bits per heavy atom. The Labute approximate surface area is 99.6 Å². The number of aromatic carboxylic acids is 2. The van der Waals surface area contributed by atoms with Gasteiger partial charge in [-0.2, -0.15) is 0 Å². The van der Waals surface area contributed by atoms with Crippen molar-refractivity contribution in [3.8, 4) is 5.75 Å². The largest absolute Gasteiger partial charge is 0.477 e. The molecule has 0 spiro atoms. The SMILES string of the molecule is CNC(=O)Oc1c(C(=O)O)sc(C(=O)O)c1C. The Morgan fingerprint density at radius 3 is 2.12 bits per heavy atom. The van der Waals surface area contributed by atoms with Crippen LogP contribution in [0, 0.1) is 6.92 Å². The highest BCUT2D eigenvalue weighted by Gasteiger charge is 2.26. The molecule has 7 nitrogen and oxygen atoms in total. The summed E-state index contributed by atoms with van der Waals surface area (Å²) < 4.78 is 4.73. The Hall–Kier alpha value is -2.09. The fourth-order valence-corrected chi connectivity index (χ4v) is 2.02. The summed E-state index contributed by atoms with van der Waals surface area (Å²) in [5, 5.41) is 19.9. The van der Waals surface area contributed by atoms with Crippen LogP contribution in [0.4, 0.5) is 4.79 Å². The summed E-state index contributed by atoms with van der Waals surface area (Å²) in [6.45, 7) is 1.38. The molecule has 0 saturated heterocycles. The predicted octanol–water partition coefficient (Wildman–Crippen LogP) is 1.17. The molecule has 0 fully saturated rings. The second-order valence-electron chi connectivity index (χ2n) is 2.96. The second kappa shape index (κ2) is 4.83. The molecule has 0 saturated carbocycles. The molecule has 0 aromatic carbocycles. The predicted molar refractivity (Wildman–Crippen MR) is 58.1 cm³/mol. The van der Waals surface area contributed by atoms with E-state index in [1.165, 1.54) is 14.0 Å². The van der Waals surface area contributed by atoms with E-state index in [4.69, 9.17) is 14.9 Å². The van der Waals surface area contributed by atoms with Gasteiger partial charge in [-0.1, -0.05) is 0 Å². The molecule has 1 aromatic rings. The van der Waals surface area contributed by atoms with Gasteiger partial charge in [-0.15, -0.1) is 11.3 Å². The van der Waals surface area contributed by atoms with Crippen molar-refractivity contribution < 1.29 is 29.3 Å². The highest BCUT2D eigenvalue weighted by atomic mass is 32.1. The third kappa shape index (κ3) is 2.53. The highest BCUT2D eigenvalue weighted by Crippen LogP contribution is 2.35. The van der Waals surface area contributed by atoms with Gasteiger partial charge in [-0.3, -0.25) is 0 Å². The van der Waals surface area contributed by atoms with Crippen molar-refractivity contribution in [1.82, 2.24) is 5.32 Å². The first kappa shape index (κ1) is 13.0. The van der Waals surface area contributed by atoms with Crippen molar-refractivity contribution in [3.05, 3.63) is 15.3 Å². The lowest BCUT2D eigenvalue weighted by Gasteiger charge is -2.03. The average Bonchev–Trinajstić information content (AvgIpc) is 2.56. The molecule has 8 heteroatoms. The standard InChI is InChI=1S/C9H9NO6S/c1-3-4(16-9(15)10-2)6(8(13)14)17-5(3)7(11)12/h1-2H3,(H,10,15)(H,11,12)(H,13,14). The maximum Gasteiger partial charge on any atom is 0.412 e. The topological polar surface area (TPSA) is 113 Å². The number of rotatable bonds is 3. The lowest BCUT2D eigenvalue weighted by Crippen LogP contribution is -2.23. The number of hydrogen-bond acceptors (Lipinski definition) is 5. The molecule has 0 radical (unpaired) electrons. The number of nitrogens with one attached hydrogen (secondary N) is 1. The zero-order chi connectivity index (χ0) is 13.2. The van der Waals surface area contributed by atoms with E-state index in [9.17, 15) is 14.4 Å². The van der Waals surface area contributed by atoms with Crippen molar-refractivity contribution in [2.45, 2.75) is 6.92 Å². The van der Waals surface area contributed by atoms with Crippen LogP contribution in [0.1, 0.15) is 24.9 Å². The number of thiophene rings is 1. The van der Waals surface area contributed by atoms with E-state index in [2.05, 4.69) is 5.32 Å². The molecule has 0 aliphatic carbocycles. The van der Waals surface area contributed by atoms with Crippen LogP contribution in [0.25, 0.3) is 0 Å². The van der Waals surface area contributed by atoms with Crippen LogP contribution in [0.3, 0.4) is 0 Å². The zero-order valence-electron chi connectivity index (χ0n) is 8.94. The molecule has 0 bridgehead atoms. The second-order valence-corrected chi connectivity index (χ2v) is 3.98. The van der Waals surface area contributed by atoms with Crippen molar-refractivity contribution in [2.24, 2.45) is 0 Å². The van der Waals surface area contributed by atoms with E-state index in [1.807, 2.05) is 0 Å². The lowest BCUT2D eigenvalue weighted by atomic mass is 10.2. The van der Waals surface area contributed by atoms with Gasteiger partial charge < -0.3 is 20.3 Å². The number of amides is 1. The first-order valence-corrected chi connectivity index (χ1v) is 5.19. The first-order valence-electron chi connectivity index (χ1n) is 4.38. The minimum absolute atomic E-state index is 0.114. The third-order valence-electron chi connectivity index (χ3n) is 1.88. The van der Waals surface area contributed by atoms with Crippen LogP contribution in [0.2, 0.25) is 0 Å². The van der Waals surface area contributed by atoms with Gasteiger partial charge in [0.25, 0.3) is 0 Å². The number of carbonyl (C=O) groups is 3. The zero-order valence-corrected chi connectivity index (χ0v) is 9.75. The minimum Gasteiger partial charge on any atom is -0.477 e. The molecule has 0 aliphatic rings. The summed E-state index contributed by atoms with van der Waals surface area (Å²) in [6.07, 6.45) is -0.856. The third-order valence-corrected chi connectivity index (χ3v) is 3.13. The van der Waals surface area contributed by atoms with Crippen molar-refractivity contribution in [3.63, 3.8) is 0 Å². The van der Waals surface area contributed by atoms with E-state index in [1.54, 1.807) is 0 Å². The number of carboxylic acids is 2. The molecule has 0 atom stereocenters. The fraction of sp³-hybridized carbons (Fsp3) is 0.222. The Morgan fingerprint density at radius 1 is 1.18 bits per heavy atom. The van der Waals surface area contributed by atoms with Gasteiger partial charge in [-0.05, 0) is 6.92 Å². The molecule has 1 aromatic heterocycles. The summed E-state index contributed by atoms with van der Waals surface area (Å²) in [5.74, 6) is -2.84. The van der Waals surface area contributed by atoms with Gasteiger partial charge in [0.1, 0.15) is 4.88 Å². The monoisotopic (exact) mass is 259 g/mol. The van der Waals surface area contributed by atoms with Crippen molar-refractivity contribution >= 4 is 29.4 Å². The van der Waals surface area contributed by atoms with E-state index >= 15 is 0 Å². The normalized spacial score (nSPS) is 9.76. The van der Waals surface area contributed by atoms with Crippen LogP contribution < -0.4 is 10.1 Å². The van der Waals surface area contributed by atoms with Crippen molar-refractivity contribution in [1.29, 1.82) is 0 Å². The van der Waals surface area contributed by atoms with E-state index in [0.717, 1.165) is 0 Å². The molecular formula is C9H9NO6S. The maximum absolute atomic E-state index is 11.0. The number of carbonyl (C=O) groups excluding carboxylic acids is 1. The van der Waals surface area contributed by atoms with Gasteiger partial charge in [0.05, 0.1) is 0 Å². The Balaban J connectivity index is 3.29. The minimum atomic E-state index is -1.34. The smallest absolute Gasteiger partial charge is 0.412 e. The molecule has 1 amide bonds. The Kier molecular flexibility index (Phi) is 3.69. The summed E-state index contributed by atoms with van der Waals surface area (Å²) in [7, 11) is 1.31. The molecule has 1 heterocycles. The van der Waals surface area contributed by atoms with Crippen LogP contribution in [-0.4, -0.2) is 35.3 Å². The molecule has 17 heavy (non-hydrogen) atoms. The van der Waals surface area contributed by atoms with E-state index in [0.29, 0.717) is 11.3 Å². The quantitative estimate of drug-likeness (QED) is 0.751. The molecule has 1 rings (SSSR count). The van der Waals surface area contributed by atoms with Crippen LogP contribution in [-0.2, 0) is 0 Å². The van der Waals surface area contributed by atoms with Crippen molar-refractivity contribution in [2.75, 3.05) is 7.05 Å². The molecule has 0 unspecified atom stereocenters. The fourth-order valence-electron chi connectivity index (χ4n) is 1.11. The molecule has 3 N–H and O–H groups in total. The Bertz CT molecular complexity index is 492. The van der Waals surface area contributed by atoms with Gasteiger partial charge in [0.15, 0.2) is 10.6 Å². The molecular weight excluding hydrogens is 250 g/mol. The summed E-state index contributed by atoms with van der Waals surface area (Å²) >= 11 is 0.551. The van der Waals surface area contributed by atoms with Gasteiger partial charge in [-0.25, -0.2) is 14.4 Å². The average molecular weight is 259 g/mol. The lowest BCUT2D eigenvalue weighted by molar-refractivity contribution is 0.0690. The molecule has 0 aliphatic heterocycles. The number of ether oxygens (including phenoxy) is 1. The highest BCUT2D eigenvalue weighted by molar-refractivity contribution is 7.16. The summed E-state index contributed by atoms with van der Waals surface area (Å²) in [6, 6.07) is 0. The molecule has 92 valence electrons. The summed E-state index contributed by atoms with van der Waals surface area (Å²) in [5.41, 5.74) is 0.114. The number of hydrogen-bond donors (Lipinski definition) is 3. The van der Waals surface area contributed by atoms with Gasteiger partial charge in [0.2, 0.25) is 0 Å². The first-order chi connectivity index (χ1) is 7.88. The van der Waals surface area contributed by atoms with E-state index in [-0.39, 0.29) is 21.1 Å².